The van der Waals surface area contributed by atoms with Gasteiger partial charge in [-0.3, -0.25) is 4.79 Å². The highest BCUT2D eigenvalue weighted by Gasteiger charge is 2.51. The number of carbonyl (C=O) groups is 1. The van der Waals surface area contributed by atoms with Gasteiger partial charge in [0.15, 0.2) is 11.5 Å². The molecule has 1 aliphatic heterocycles. The second kappa shape index (κ2) is 7.27. The monoisotopic (exact) mass is 438 g/mol. The Hall–Kier alpha value is -2.52. The fourth-order valence-corrected chi connectivity index (χ4v) is 6.16. The van der Waals surface area contributed by atoms with E-state index in [1.54, 1.807) is 23.7 Å². The third kappa shape index (κ3) is 3.40. The molecule has 0 radical (unpaired) electrons. The predicted octanol–water partition coefficient (Wildman–Crippen LogP) is 2.60. The van der Waals surface area contributed by atoms with Crippen LogP contribution in [0.5, 0.6) is 0 Å². The van der Waals surface area contributed by atoms with E-state index in [2.05, 4.69) is 25.2 Å². The SMILES string of the molecule is O=C(N[C@H]1CCN(c2nccn3ccnc23)C1)c1csc(C2CCC3(CC3)[C@H](O)C2)n1. The Balaban J connectivity index is 1.09. The first-order valence-corrected chi connectivity index (χ1v) is 12.0. The Morgan fingerprint density at radius 3 is 2.84 bits per heavy atom. The zero-order valence-corrected chi connectivity index (χ0v) is 18.1. The summed E-state index contributed by atoms with van der Waals surface area (Å²) in [6, 6.07) is 0.0564. The van der Waals surface area contributed by atoms with Crippen LogP contribution in [0.25, 0.3) is 5.65 Å². The summed E-state index contributed by atoms with van der Waals surface area (Å²) in [6.45, 7) is 1.54. The molecule has 1 amide bonds. The Labute approximate surface area is 184 Å². The maximum atomic E-state index is 12.8. The van der Waals surface area contributed by atoms with E-state index in [1.807, 2.05) is 22.2 Å². The van der Waals surface area contributed by atoms with E-state index in [9.17, 15) is 9.90 Å². The number of aliphatic hydroxyl groups excluding tert-OH is 1. The summed E-state index contributed by atoms with van der Waals surface area (Å²) in [6.07, 6.45) is 13.2. The van der Waals surface area contributed by atoms with E-state index in [1.165, 1.54) is 0 Å². The molecule has 0 aromatic carbocycles. The van der Waals surface area contributed by atoms with Gasteiger partial charge in [0.25, 0.3) is 5.91 Å². The van der Waals surface area contributed by atoms with Crippen LogP contribution in [0.15, 0.2) is 30.2 Å². The Bertz CT molecular complexity index is 1120. The first-order chi connectivity index (χ1) is 15.1. The minimum absolute atomic E-state index is 0.0564. The number of hydrogen-bond donors (Lipinski definition) is 2. The van der Waals surface area contributed by atoms with Gasteiger partial charge in [-0.25, -0.2) is 15.0 Å². The average Bonchev–Trinajstić information content (AvgIpc) is 3.19. The molecule has 9 heteroatoms. The van der Waals surface area contributed by atoms with Crippen LogP contribution in [0, 0.1) is 5.41 Å². The molecule has 2 aliphatic carbocycles. The van der Waals surface area contributed by atoms with Crippen LogP contribution in [0.4, 0.5) is 5.82 Å². The molecule has 2 saturated carbocycles. The summed E-state index contributed by atoms with van der Waals surface area (Å²) in [7, 11) is 0. The summed E-state index contributed by atoms with van der Waals surface area (Å²) in [5, 5.41) is 16.5. The van der Waals surface area contributed by atoms with Crippen LogP contribution < -0.4 is 10.2 Å². The van der Waals surface area contributed by atoms with E-state index < -0.39 is 0 Å². The van der Waals surface area contributed by atoms with Gasteiger partial charge in [-0.2, -0.15) is 0 Å². The molecule has 3 aliphatic rings. The molecule has 3 aromatic rings. The molecule has 162 valence electrons. The summed E-state index contributed by atoms with van der Waals surface area (Å²) >= 11 is 1.55. The maximum Gasteiger partial charge on any atom is 0.271 e. The number of anilines is 1. The van der Waals surface area contributed by atoms with Crippen molar-refractivity contribution in [2.75, 3.05) is 18.0 Å². The number of hydrogen-bond acceptors (Lipinski definition) is 7. The van der Waals surface area contributed by atoms with Crippen LogP contribution in [0.3, 0.4) is 0 Å². The van der Waals surface area contributed by atoms with Crippen LogP contribution in [0.1, 0.15) is 59.9 Å². The normalized spacial score (nSPS) is 27.1. The predicted molar refractivity (Wildman–Crippen MR) is 117 cm³/mol. The van der Waals surface area contributed by atoms with Gasteiger partial charge in [0.2, 0.25) is 0 Å². The number of thiazole rings is 1. The molecule has 31 heavy (non-hydrogen) atoms. The minimum Gasteiger partial charge on any atom is -0.393 e. The zero-order chi connectivity index (χ0) is 21.0. The lowest BCUT2D eigenvalue weighted by molar-refractivity contribution is 0.0453. The fourth-order valence-electron chi connectivity index (χ4n) is 5.21. The molecule has 4 heterocycles. The molecule has 0 bridgehead atoms. The van der Waals surface area contributed by atoms with Crippen molar-refractivity contribution in [2.45, 2.75) is 56.6 Å². The quantitative estimate of drug-likeness (QED) is 0.650. The van der Waals surface area contributed by atoms with Crippen molar-refractivity contribution >= 4 is 28.7 Å². The van der Waals surface area contributed by atoms with E-state index in [0.29, 0.717) is 12.2 Å². The molecule has 1 saturated heterocycles. The molecule has 8 nitrogen and oxygen atoms in total. The maximum absolute atomic E-state index is 12.8. The van der Waals surface area contributed by atoms with E-state index in [-0.39, 0.29) is 29.4 Å². The number of aromatic nitrogens is 4. The van der Waals surface area contributed by atoms with Gasteiger partial charge < -0.3 is 19.7 Å². The van der Waals surface area contributed by atoms with Crippen LogP contribution in [-0.2, 0) is 0 Å². The standard InChI is InChI=1S/C22H26N6O2S/c29-17-11-14(1-3-22(17)4-5-22)21-26-16(13-31-21)20(30)25-15-2-8-28(12-15)19-18-23-6-9-27(18)10-7-24-19/h6-7,9-10,13-15,17,29H,1-5,8,11-12H2,(H,25,30)/t14?,15-,17+/m0/s1. The van der Waals surface area contributed by atoms with Crippen LogP contribution in [0.2, 0.25) is 0 Å². The lowest BCUT2D eigenvalue weighted by Gasteiger charge is -2.32. The highest BCUT2D eigenvalue weighted by atomic mass is 32.1. The largest absolute Gasteiger partial charge is 0.393 e. The number of carbonyl (C=O) groups excluding carboxylic acids is 1. The molecular weight excluding hydrogens is 412 g/mol. The first kappa shape index (κ1) is 19.2. The topological polar surface area (TPSA) is 95.7 Å². The molecule has 6 rings (SSSR count). The van der Waals surface area contributed by atoms with Crippen molar-refractivity contribution in [3.05, 3.63) is 40.9 Å². The van der Waals surface area contributed by atoms with Crippen LogP contribution in [-0.4, -0.2) is 55.6 Å². The summed E-state index contributed by atoms with van der Waals surface area (Å²) < 4.78 is 1.96. The lowest BCUT2D eigenvalue weighted by Crippen LogP contribution is -2.37. The molecule has 2 N–H and O–H groups in total. The van der Waals surface area contributed by atoms with Crippen molar-refractivity contribution in [2.24, 2.45) is 5.41 Å². The van der Waals surface area contributed by atoms with E-state index >= 15 is 0 Å². The minimum atomic E-state index is -0.218. The number of nitrogens with zero attached hydrogens (tertiary/aromatic N) is 5. The highest BCUT2D eigenvalue weighted by molar-refractivity contribution is 7.09. The van der Waals surface area contributed by atoms with Gasteiger partial charge in [0, 0.05) is 55.2 Å². The second-order valence-corrected chi connectivity index (χ2v) is 10.1. The third-order valence-corrected chi connectivity index (χ3v) is 8.32. The molecule has 1 unspecified atom stereocenters. The Morgan fingerprint density at radius 1 is 1.19 bits per heavy atom. The van der Waals surface area contributed by atoms with Gasteiger partial charge in [-0.1, -0.05) is 0 Å². The molecule has 3 atom stereocenters. The third-order valence-electron chi connectivity index (χ3n) is 7.32. The van der Waals surface area contributed by atoms with Gasteiger partial charge >= 0.3 is 0 Å². The first-order valence-electron chi connectivity index (χ1n) is 11.1. The Morgan fingerprint density at radius 2 is 2.03 bits per heavy atom. The van der Waals surface area contributed by atoms with Crippen molar-refractivity contribution in [3.8, 4) is 0 Å². The number of nitrogens with one attached hydrogen (secondary N) is 1. The zero-order valence-electron chi connectivity index (χ0n) is 17.3. The smallest absolute Gasteiger partial charge is 0.271 e. The number of fused-ring (bicyclic) bond motifs is 1. The number of imidazole rings is 1. The van der Waals surface area contributed by atoms with Crippen LogP contribution >= 0.6 is 11.3 Å². The van der Waals surface area contributed by atoms with E-state index in [4.69, 9.17) is 0 Å². The van der Waals surface area contributed by atoms with Gasteiger partial charge in [-0.15, -0.1) is 11.3 Å². The summed E-state index contributed by atoms with van der Waals surface area (Å²) in [5.41, 5.74) is 1.53. The van der Waals surface area contributed by atoms with Crippen molar-refractivity contribution < 1.29 is 9.90 Å². The lowest BCUT2D eigenvalue weighted by atomic mass is 9.78. The molecule has 3 aromatic heterocycles. The summed E-state index contributed by atoms with van der Waals surface area (Å²) in [5.74, 6) is 1.01. The number of amides is 1. The number of aliphatic hydroxyl groups is 1. The molecule has 3 fully saturated rings. The average molecular weight is 439 g/mol. The van der Waals surface area contributed by atoms with Gasteiger partial charge in [0.1, 0.15) is 5.69 Å². The number of rotatable bonds is 4. The second-order valence-electron chi connectivity index (χ2n) is 9.23. The van der Waals surface area contributed by atoms with Gasteiger partial charge in [-0.05, 0) is 43.9 Å². The Kier molecular flexibility index (Phi) is 4.50. The van der Waals surface area contributed by atoms with E-state index in [0.717, 1.165) is 61.5 Å². The summed E-state index contributed by atoms with van der Waals surface area (Å²) in [4.78, 5) is 28.6. The van der Waals surface area contributed by atoms with Gasteiger partial charge in [0.05, 0.1) is 11.1 Å². The van der Waals surface area contributed by atoms with Crippen molar-refractivity contribution in [1.29, 1.82) is 0 Å². The van der Waals surface area contributed by atoms with Crippen molar-refractivity contribution in [3.63, 3.8) is 0 Å². The molecule has 1 spiro atoms. The van der Waals surface area contributed by atoms with Crippen molar-refractivity contribution in [1.82, 2.24) is 24.7 Å². The highest BCUT2D eigenvalue weighted by Crippen LogP contribution is 2.58. The fraction of sp³-hybridized carbons (Fsp3) is 0.545. The molecular formula is C22H26N6O2S.